The summed E-state index contributed by atoms with van der Waals surface area (Å²) in [5.41, 5.74) is 1.14. The lowest BCUT2D eigenvalue weighted by molar-refractivity contribution is 0.142. The van der Waals surface area contributed by atoms with Crippen molar-refractivity contribution in [1.82, 2.24) is 0 Å². The van der Waals surface area contributed by atoms with Crippen LogP contribution in [0.25, 0.3) is 0 Å². The molecule has 0 amide bonds. The van der Waals surface area contributed by atoms with Gasteiger partial charge in [-0.2, -0.15) is 0 Å². The monoisotopic (exact) mass is 165 g/mol. The van der Waals surface area contributed by atoms with Crippen LogP contribution < -0.4 is 4.74 Å². The van der Waals surface area contributed by atoms with Crippen molar-refractivity contribution in [1.29, 1.82) is 0 Å². The van der Waals surface area contributed by atoms with E-state index in [9.17, 15) is 0 Å². The van der Waals surface area contributed by atoms with Gasteiger partial charge in [0.2, 0.25) is 0 Å². The Morgan fingerprint density at radius 3 is 2.92 bits per heavy atom. The summed E-state index contributed by atoms with van der Waals surface area (Å²) in [7, 11) is 0. The molecule has 0 aliphatic heterocycles. The van der Waals surface area contributed by atoms with E-state index in [4.69, 9.17) is 9.84 Å². The predicted molar refractivity (Wildman–Crippen MR) is 48.0 cm³/mol. The Kier molecular flexibility index (Phi) is 3.11. The number of aliphatic hydroxyl groups excluding tert-OH is 1. The Morgan fingerprint density at radius 1 is 1.58 bits per heavy atom. The molecule has 0 aliphatic carbocycles. The Bertz CT molecular complexity index is 243. The SMILES string of the molecule is [CH2]C(O)COc1cccc(C)c1. The van der Waals surface area contributed by atoms with Gasteiger partial charge < -0.3 is 9.84 Å². The van der Waals surface area contributed by atoms with Gasteiger partial charge in [-0.1, -0.05) is 12.1 Å². The highest BCUT2D eigenvalue weighted by Gasteiger charge is 1.97. The van der Waals surface area contributed by atoms with Gasteiger partial charge in [-0.3, -0.25) is 0 Å². The molecule has 0 saturated heterocycles. The van der Waals surface area contributed by atoms with Crippen LogP contribution in [0.3, 0.4) is 0 Å². The first-order chi connectivity index (χ1) is 5.68. The van der Waals surface area contributed by atoms with E-state index >= 15 is 0 Å². The molecule has 2 heteroatoms. The molecule has 0 fully saturated rings. The van der Waals surface area contributed by atoms with Crippen LogP contribution in [0.2, 0.25) is 0 Å². The summed E-state index contributed by atoms with van der Waals surface area (Å²) in [5, 5.41) is 8.85. The lowest BCUT2D eigenvalue weighted by Gasteiger charge is -2.07. The fourth-order valence-electron chi connectivity index (χ4n) is 0.898. The summed E-state index contributed by atoms with van der Waals surface area (Å²) in [6.07, 6.45) is -0.662. The molecule has 1 rings (SSSR count). The first kappa shape index (κ1) is 9.07. The molecule has 2 nitrogen and oxygen atoms in total. The van der Waals surface area contributed by atoms with Gasteiger partial charge in [0.15, 0.2) is 0 Å². The van der Waals surface area contributed by atoms with E-state index in [-0.39, 0.29) is 6.61 Å². The molecule has 0 spiro atoms. The van der Waals surface area contributed by atoms with E-state index in [1.54, 1.807) is 0 Å². The quantitative estimate of drug-likeness (QED) is 0.736. The molecule has 65 valence electrons. The number of ether oxygens (including phenoxy) is 1. The number of rotatable bonds is 3. The molecule has 1 radical (unpaired) electrons. The van der Waals surface area contributed by atoms with Crippen LogP contribution in [0.5, 0.6) is 5.75 Å². The molecule has 0 heterocycles. The maximum Gasteiger partial charge on any atom is 0.119 e. The van der Waals surface area contributed by atoms with Crippen LogP contribution in [-0.4, -0.2) is 17.8 Å². The fraction of sp³-hybridized carbons (Fsp3) is 0.300. The second-order valence-corrected chi connectivity index (χ2v) is 2.78. The van der Waals surface area contributed by atoms with E-state index in [1.165, 1.54) is 0 Å². The molecule has 12 heavy (non-hydrogen) atoms. The van der Waals surface area contributed by atoms with E-state index in [2.05, 4.69) is 6.92 Å². The largest absolute Gasteiger partial charge is 0.491 e. The van der Waals surface area contributed by atoms with E-state index < -0.39 is 6.10 Å². The number of benzene rings is 1. The Hall–Kier alpha value is -1.02. The topological polar surface area (TPSA) is 29.5 Å². The summed E-state index contributed by atoms with van der Waals surface area (Å²) in [6, 6.07) is 7.69. The molecule has 0 bridgehead atoms. The summed E-state index contributed by atoms with van der Waals surface area (Å²) in [6.45, 7) is 5.64. The average Bonchev–Trinajstić information content (AvgIpc) is 2.01. The van der Waals surface area contributed by atoms with Crippen LogP contribution in [0, 0.1) is 13.8 Å². The van der Waals surface area contributed by atoms with Crippen molar-refractivity contribution in [3.05, 3.63) is 36.8 Å². The molecule has 0 saturated carbocycles. The van der Waals surface area contributed by atoms with Crippen molar-refractivity contribution < 1.29 is 9.84 Å². The highest BCUT2D eigenvalue weighted by Crippen LogP contribution is 2.12. The van der Waals surface area contributed by atoms with Crippen LogP contribution in [-0.2, 0) is 0 Å². The number of aliphatic hydroxyl groups is 1. The number of hydrogen-bond donors (Lipinski definition) is 1. The normalized spacial score (nSPS) is 12.6. The van der Waals surface area contributed by atoms with Crippen LogP contribution >= 0.6 is 0 Å². The molecule has 1 aromatic carbocycles. The molecule has 1 aromatic rings. The van der Waals surface area contributed by atoms with Gasteiger partial charge in [0.1, 0.15) is 12.4 Å². The van der Waals surface area contributed by atoms with E-state index in [1.807, 2.05) is 31.2 Å². The highest BCUT2D eigenvalue weighted by molar-refractivity contribution is 5.27. The van der Waals surface area contributed by atoms with Crippen LogP contribution in [0.1, 0.15) is 5.56 Å². The summed E-state index contributed by atoms with van der Waals surface area (Å²) in [5.74, 6) is 0.776. The first-order valence-corrected chi connectivity index (χ1v) is 3.89. The lowest BCUT2D eigenvalue weighted by atomic mass is 10.2. The zero-order valence-corrected chi connectivity index (χ0v) is 7.16. The Labute approximate surface area is 72.8 Å². The summed E-state index contributed by atoms with van der Waals surface area (Å²) < 4.78 is 5.24. The van der Waals surface area contributed by atoms with Gasteiger partial charge in [0.05, 0.1) is 6.10 Å². The van der Waals surface area contributed by atoms with Crippen LogP contribution in [0.4, 0.5) is 0 Å². The predicted octanol–water partition coefficient (Wildman–Crippen LogP) is 1.57. The van der Waals surface area contributed by atoms with Gasteiger partial charge in [0, 0.05) is 0 Å². The zero-order valence-electron chi connectivity index (χ0n) is 7.16. The van der Waals surface area contributed by atoms with Crippen molar-refractivity contribution in [2.24, 2.45) is 0 Å². The van der Waals surface area contributed by atoms with Crippen molar-refractivity contribution in [3.8, 4) is 5.75 Å². The lowest BCUT2D eigenvalue weighted by Crippen LogP contribution is -2.13. The number of aryl methyl sites for hydroxylation is 1. The molecule has 0 aliphatic rings. The maximum atomic E-state index is 8.85. The average molecular weight is 165 g/mol. The minimum Gasteiger partial charge on any atom is -0.491 e. The fourth-order valence-corrected chi connectivity index (χ4v) is 0.898. The third-order valence-electron chi connectivity index (χ3n) is 1.43. The minimum absolute atomic E-state index is 0.240. The van der Waals surface area contributed by atoms with E-state index in [0.29, 0.717) is 0 Å². The third-order valence-corrected chi connectivity index (χ3v) is 1.43. The van der Waals surface area contributed by atoms with Gasteiger partial charge in [-0.05, 0) is 31.5 Å². The molecular weight excluding hydrogens is 152 g/mol. The van der Waals surface area contributed by atoms with Crippen molar-refractivity contribution in [2.45, 2.75) is 13.0 Å². The maximum absolute atomic E-state index is 8.85. The molecule has 0 aromatic heterocycles. The van der Waals surface area contributed by atoms with Gasteiger partial charge >= 0.3 is 0 Å². The summed E-state index contributed by atoms with van der Waals surface area (Å²) in [4.78, 5) is 0. The standard InChI is InChI=1S/C10H13O2/c1-8-4-3-5-10(6-8)12-7-9(2)11/h3-6,9,11H,2,7H2,1H3. The van der Waals surface area contributed by atoms with Crippen LogP contribution in [0.15, 0.2) is 24.3 Å². The van der Waals surface area contributed by atoms with Gasteiger partial charge in [-0.25, -0.2) is 0 Å². The van der Waals surface area contributed by atoms with Crippen molar-refractivity contribution >= 4 is 0 Å². The molecule has 1 unspecified atom stereocenters. The highest BCUT2D eigenvalue weighted by atomic mass is 16.5. The second kappa shape index (κ2) is 4.12. The van der Waals surface area contributed by atoms with Crippen molar-refractivity contribution in [3.63, 3.8) is 0 Å². The second-order valence-electron chi connectivity index (χ2n) is 2.78. The molecule has 1 N–H and O–H groups in total. The Morgan fingerprint density at radius 2 is 2.33 bits per heavy atom. The third kappa shape index (κ3) is 2.93. The molecule has 1 atom stereocenters. The molecular formula is C10H13O2. The summed E-state index contributed by atoms with van der Waals surface area (Å²) >= 11 is 0. The van der Waals surface area contributed by atoms with E-state index in [0.717, 1.165) is 11.3 Å². The smallest absolute Gasteiger partial charge is 0.119 e. The van der Waals surface area contributed by atoms with Gasteiger partial charge in [-0.15, -0.1) is 0 Å². The Balaban J connectivity index is 2.52. The minimum atomic E-state index is -0.662. The number of hydrogen-bond acceptors (Lipinski definition) is 2. The first-order valence-electron chi connectivity index (χ1n) is 3.89. The van der Waals surface area contributed by atoms with Crippen molar-refractivity contribution in [2.75, 3.05) is 6.61 Å². The van der Waals surface area contributed by atoms with Gasteiger partial charge in [0.25, 0.3) is 0 Å². The zero-order chi connectivity index (χ0) is 8.97.